The second-order valence-corrected chi connectivity index (χ2v) is 4.24. The third-order valence-electron chi connectivity index (χ3n) is 2.26. The minimum atomic E-state index is -0.610. The summed E-state index contributed by atoms with van der Waals surface area (Å²) < 4.78 is 4.79. The highest BCUT2D eigenvalue weighted by Crippen LogP contribution is 2.27. The van der Waals surface area contributed by atoms with Gasteiger partial charge in [-0.1, -0.05) is 11.6 Å². The highest BCUT2D eigenvalue weighted by atomic mass is 35.5. The number of carbonyl (C=O) groups excluding carboxylic acids is 1. The largest absolute Gasteiger partial charge is 0.452 e. The number of hydrogen-bond acceptors (Lipinski definition) is 4. The van der Waals surface area contributed by atoms with Crippen LogP contribution in [-0.2, 0) is 0 Å². The second kappa shape index (κ2) is 5.29. The molecule has 2 rings (SSSR count). The van der Waals surface area contributed by atoms with Gasteiger partial charge in [-0.2, -0.15) is 0 Å². The van der Waals surface area contributed by atoms with E-state index < -0.39 is 10.8 Å². The van der Waals surface area contributed by atoms with Gasteiger partial charge in [-0.15, -0.1) is 0 Å². The van der Waals surface area contributed by atoms with E-state index in [9.17, 15) is 14.9 Å². The van der Waals surface area contributed by atoms with Gasteiger partial charge in [0.1, 0.15) is 5.02 Å². The van der Waals surface area contributed by atoms with Crippen LogP contribution in [0.25, 0.3) is 0 Å². The first kappa shape index (κ1) is 13.4. The lowest BCUT2D eigenvalue weighted by molar-refractivity contribution is -0.384. The van der Waals surface area contributed by atoms with E-state index in [1.165, 1.54) is 30.5 Å². The lowest BCUT2D eigenvalue weighted by Gasteiger charge is -2.04. The van der Waals surface area contributed by atoms with Crippen molar-refractivity contribution in [3.63, 3.8) is 0 Å². The maximum absolute atomic E-state index is 11.8. The van der Waals surface area contributed by atoms with E-state index in [0.29, 0.717) is 5.69 Å². The summed E-state index contributed by atoms with van der Waals surface area (Å²) in [5.41, 5.74) is 0.245. The topological polar surface area (TPSA) is 85.4 Å². The second-order valence-electron chi connectivity index (χ2n) is 3.49. The third kappa shape index (κ3) is 2.86. The number of hydrogen-bond donors (Lipinski definition) is 1. The summed E-state index contributed by atoms with van der Waals surface area (Å²) in [6, 6.07) is 5.26. The number of nitro groups is 1. The van der Waals surface area contributed by atoms with E-state index in [-0.39, 0.29) is 21.5 Å². The van der Waals surface area contributed by atoms with Gasteiger partial charge in [-0.3, -0.25) is 14.9 Å². The summed E-state index contributed by atoms with van der Waals surface area (Å²) in [6.45, 7) is 0. The Morgan fingerprint density at radius 1 is 1.32 bits per heavy atom. The van der Waals surface area contributed by atoms with Crippen molar-refractivity contribution in [1.82, 2.24) is 0 Å². The van der Waals surface area contributed by atoms with Crippen LogP contribution in [0.3, 0.4) is 0 Å². The van der Waals surface area contributed by atoms with Crippen molar-refractivity contribution in [2.24, 2.45) is 0 Å². The number of nitrogens with one attached hydrogen (secondary N) is 1. The molecule has 6 nitrogen and oxygen atoms in total. The molecule has 19 heavy (non-hydrogen) atoms. The molecule has 0 aliphatic rings. The average molecular weight is 301 g/mol. The molecule has 0 fully saturated rings. The Morgan fingerprint density at radius 3 is 2.58 bits per heavy atom. The van der Waals surface area contributed by atoms with Crippen molar-refractivity contribution in [3.05, 3.63) is 56.4 Å². The highest BCUT2D eigenvalue weighted by molar-refractivity contribution is 6.33. The molecule has 0 radical (unpaired) electrons. The van der Waals surface area contributed by atoms with Crippen LogP contribution < -0.4 is 5.32 Å². The lowest BCUT2D eigenvalue weighted by Crippen LogP contribution is -2.11. The van der Waals surface area contributed by atoms with Crippen LogP contribution in [-0.4, -0.2) is 10.8 Å². The molecule has 0 aliphatic carbocycles. The number of amides is 1. The number of nitrogens with zero attached hydrogens (tertiary/aromatic N) is 1. The maximum Gasteiger partial charge on any atom is 0.288 e. The molecule has 0 saturated heterocycles. The monoisotopic (exact) mass is 300 g/mol. The molecule has 1 heterocycles. The molecule has 0 unspecified atom stereocenters. The van der Waals surface area contributed by atoms with Gasteiger partial charge < -0.3 is 9.73 Å². The SMILES string of the molecule is O=C(Nc1ccc([N+](=O)[O-])c(Cl)c1)c1ccoc1Cl. The normalized spacial score (nSPS) is 10.2. The molecule has 0 aliphatic heterocycles. The molecule has 0 spiro atoms. The summed E-state index contributed by atoms with van der Waals surface area (Å²) >= 11 is 11.4. The van der Waals surface area contributed by atoms with Crippen LogP contribution in [0.1, 0.15) is 10.4 Å². The van der Waals surface area contributed by atoms with Gasteiger partial charge in [-0.05, 0) is 29.8 Å². The molecular formula is C11H6Cl2N2O4. The molecule has 1 amide bonds. The van der Waals surface area contributed by atoms with Crippen molar-refractivity contribution in [3.8, 4) is 0 Å². The molecule has 0 saturated carbocycles. The van der Waals surface area contributed by atoms with Gasteiger partial charge >= 0.3 is 0 Å². The summed E-state index contributed by atoms with van der Waals surface area (Å²) in [6.07, 6.45) is 1.28. The molecule has 1 aromatic heterocycles. The summed E-state index contributed by atoms with van der Waals surface area (Å²) in [5.74, 6) is -0.497. The Labute approximate surface area is 117 Å². The van der Waals surface area contributed by atoms with Gasteiger partial charge in [0.15, 0.2) is 0 Å². The minimum Gasteiger partial charge on any atom is -0.452 e. The number of carbonyl (C=O) groups is 1. The Bertz CT molecular complexity index is 654. The molecular weight excluding hydrogens is 295 g/mol. The zero-order valence-corrected chi connectivity index (χ0v) is 10.7. The number of rotatable bonds is 3. The zero-order valence-electron chi connectivity index (χ0n) is 9.22. The number of anilines is 1. The van der Waals surface area contributed by atoms with Gasteiger partial charge in [-0.25, -0.2) is 0 Å². The maximum atomic E-state index is 11.8. The van der Waals surface area contributed by atoms with Crippen LogP contribution >= 0.6 is 23.2 Å². The van der Waals surface area contributed by atoms with E-state index in [2.05, 4.69) is 5.32 Å². The van der Waals surface area contributed by atoms with Crippen molar-refractivity contribution in [2.75, 3.05) is 5.32 Å². The first-order chi connectivity index (χ1) is 8.99. The predicted molar refractivity (Wildman–Crippen MR) is 69.8 cm³/mol. The average Bonchev–Trinajstić information content (AvgIpc) is 2.75. The molecule has 98 valence electrons. The Balaban J connectivity index is 2.21. The van der Waals surface area contributed by atoms with Crippen molar-refractivity contribution < 1.29 is 14.1 Å². The summed E-state index contributed by atoms with van der Waals surface area (Å²) in [7, 11) is 0. The quantitative estimate of drug-likeness (QED) is 0.691. The van der Waals surface area contributed by atoms with Gasteiger partial charge in [0.05, 0.1) is 16.7 Å². The number of nitro benzene ring substituents is 1. The van der Waals surface area contributed by atoms with Crippen LogP contribution in [0.2, 0.25) is 10.2 Å². The van der Waals surface area contributed by atoms with Crippen molar-refractivity contribution in [2.45, 2.75) is 0 Å². The zero-order chi connectivity index (χ0) is 14.0. The molecule has 0 bridgehead atoms. The summed E-state index contributed by atoms with van der Waals surface area (Å²) in [5, 5.41) is 13.0. The minimum absolute atomic E-state index is 0.0366. The first-order valence-corrected chi connectivity index (χ1v) is 5.73. The molecule has 0 atom stereocenters. The van der Waals surface area contributed by atoms with E-state index in [1.807, 2.05) is 0 Å². The molecule has 1 aromatic carbocycles. The Hall–Kier alpha value is -2.05. The lowest BCUT2D eigenvalue weighted by atomic mass is 10.2. The van der Waals surface area contributed by atoms with Crippen LogP contribution in [0.4, 0.5) is 11.4 Å². The van der Waals surface area contributed by atoms with E-state index in [0.717, 1.165) is 0 Å². The molecule has 2 aromatic rings. The summed E-state index contributed by atoms with van der Waals surface area (Å²) in [4.78, 5) is 21.8. The van der Waals surface area contributed by atoms with Crippen LogP contribution in [0.15, 0.2) is 34.9 Å². The van der Waals surface area contributed by atoms with Gasteiger partial charge in [0, 0.05) is 11.8 Å². The molecule has 8 heteroatoms. The Morgan fingerprint density at radius 2 is 2.05 bits per heavy atom. The highest BCUT2D eigenvalue weighted by Gasteiger charge is 2.16. The fourth-order valence-electron chi connectivity index (χ4n) is 1.39. The first-order valence-electron chi connectivity index (χ1n) is 4.97. The third-order valence-corrected chi connectivity index (χ3v) is 2.86. The van der Waals surface area contributed by atoms with E-state index in [4.69, 9.17) is 27.6 Å². The van der Waals surface area contributed by atoms with E-state index >= 15 is 0 Å². The standard InChI is InChI=1S/C11H6Cl2N2O4/c12-8-5-6(1-2-9(8)15(17)18)14-11(16)7-3-4-19-10(7)13/h1-5H,(H,14,16). The number of benzene rings is 1. The fourth-order valence-corrected chi connectivity index (χ4v) is 1.84. The molecule has 1 N–H and O–H groups in total. The van der Waals surface area contributed by atoms with Crippen LogP contribution in [0, 0.1) is 10.1 Å². The Kier molecular flexibility index (Phi) is 3.73. The van der Waals surface area contributed by atoms with E-state index in [1.54, 1.807) is 0 Å². The van der Waals surface area contributed by atoms with Crippen LogP contribution in [0.5, 0.6) is 0 Å². The van der Waals surface area contributed by atoms with Crippen molar-refractivity contribution in [1.29, 1.82) is 0 Å². The van der Waals surface area contributed by atoms with Crippen molar-refractivity contribution >= 4 is 40.5 Å². The smallest absolute Gasteiger partial charge is 0.288 e. The fraction of sp³-hybridized carbons (Fsp3) is 0. The number of halogens is 2. The predicted octanol–water partition coefficient (Wildman–Crippen LogP) is 3.75. The van der Waals surface area contributed by atoms with Gasteiger partial charge in [0.25, 0.3) is 11.6 Å². The number of furan rings is 1. The van der Waals surface area contributed by atoms with Gasteiger partial charge in [0.2, 0.25) is 5.22 Å².